The number of thiazole rings is 1. The van der Waals surface area contributed by atoms with Gasteiger partial charge in [0.2, 0.25) is 0 Å². The Kier molecular flexibility index (Phi) is 4.84. The summed E-state index contributed by atoms with van der Waals surface area (Å²) in [5.74, 6) is 0.734. The Hall–Kier alpha value is -5.65. The van der Waals surface area contributed by atoms with E-state index in [4.69, 9.17) is 15.0 Å². The van der Waals surface area contributed by atoms with E-state index in [1.165, 1.54) is 48.4 Å². The second kappa shape index (κ2) is 8.93. The lowest BCUT2D eigenvalue weighted by molar-refractivity contribution is 1.23. The van der Waals surface area contributed by atoms with E-state index in [0.717, 1.165) is 44.6 Å². The molecule has 10 aromatic rings. The molecule has 5 heteroatoms. The van der Waals surface area contributed by atoms with Gasteiger partial charge in [-0.3, -0.25) is 0 Å². The lowest BCUT2D eigenvalue weighted by Gasteiger charge is -2.11. The molecule has 0 aliphatic heterocycles. The van der Waals surface area contributed by atoms with E-state index in [-0.39, 0.29) is 0 Å². The van der Waals surface area contributed by atoms with Crippen LogP contribution in [0.3, 0.4) is 0 Å². The highest BCUT2D eigenvalue weighted by molar-refractivity contribution is 7.18. The molecule has 4 aromatic heterocycles. The van der Waals surface area contributed by atoms with Gasteiger partial charge in [-0.1, -0.05) is 91.0 Å². The van der Waals surface area contributed by atoms with Crippen molar-refractivity contribution in [2.45, 2.75) is 0 Å². The first-order chi connectivity index (χ1) is 21.8. The van der Waals surface area contributed by atoms with Crippen molar-refractivity contribution in [3.63, 3.8) is 0 Å². The van der Waals surface area contributed by atoms with Crippen LogP contribution in [0.5, 0.6) is 0 Å². The minimum Gasteiger partial charge on any atom is -0.308 e. The molecule has 44 heavy (non-hydrogen) atoms. The van der Waals surface area contributed by atoms with Crippen LogP contribution >= 0.6 is 11.3 Å². The van der Waals surface area contributed by atoms with Gasteiger partial charge in [0.15, 0.2) is 5.82 Å². The highest BCUT2D eigenvalue weighted by Crippen LogP contribution is 2.44. The molecule has 6 aromatic carbocycles. The number of nitrogens with zero attached hydrogens (tertiary/aromatic N) is 4. The maximum atomic E-state index is 5.11. The van der Waals surface area contributed by atoms with Gasteiger partial charge in [-0.25, -0.2) is 15.0 Å². The number of hydrogen-bond donors (Lipinski definition) is 0. The number of rotatable bonds is 3. The minimum absolute atomic E-state index is 0.734. The molecule has 0 atom stereocenters. The molecule has 4 heterocycles. The first-order valence-corrected chi connectivity index (χ1v) is 15.6. The van der Waals surface area contributed by atoms with Crippen molar-refractivity contribution in [2.24, 2.45) is 0 Å². The number of benzene rings is 6. The Bertz CT molecular complexity index is 2720. The molecular formula is C39H22N4S. The fourth-order valence-corrected chi connectivity index (χ4v) is 7.74. The summed E-state index contributed by atoms with van der Waals surface area (Å²) in [7, 11) is 0. The summed E-state index contributed by atoms with van der Waals surface area (Å²) in [6.45, 7) is 0. The third-order valence-corrected chi connectivity index (χ3v) is 9.72. The monoisotopic (exact) mass is 578 g/mol. The van der Waals surface area contributed by atoms with Crippen molar-refractivity contribution < 1.29 is 0 Å². The molecule has 0 saturated carbocycles. The fourth-order valence-electron chi connectivity index (χ4n) is 6.92. The van der Waals surface area contributed by atoms with Crippen LogP contribution < -0.4 is 0 Å². The summed E-state index contributed by atoms with van der Waals surface area (Å²) >= 11 is 1.73. The third kappa shape index (κ3) is 3.30. The normalized spacial score (nSPS) is 12.1. The van der Waals surface area contributed by atoms with Gasteiger partial charge in [0.1, 0.15) is 0 Å². The highest BCUT2D eigenvalue weighted by atomic mass is 32.1. The zero-order valence-corrected chi connectivity index (χ0v) is 24.2. The first kappa shape index (κ1) is 23.9. The average Bonchev–Trinajstić information content (AvgIpc) is 3.79. The molecule has 0 spiro atoms. The van der Waals surface area contributed by atoms with Gasteiger partial charge < -0.3 is 4.40 Å². The van der Waals surface area contributed by atoms with E-state index in [1.54, 1.807) is 11.3 Å². The van der Waals surface area contributed by atoms with Crippen molar-refractivity contribution in [3.8, 4) is 33.8 Å². The Labute approximate surface area is 255 Å². The molecule has 4 nitrogen and oxygen atoms in total. The maximum Gasteiger partial charge on any atom is 0.160 e. The van der Waals surface area contributed by atoms with E-state index < -0.39 is 0 Å². The van der Waals surface area contributed by atoms with Crippen LogP contribution in [0, 0.1) is 0 Å². The zero-order chi connectivity index (χ0) is 28.8. The van der Waals surface area contributed by atoms with Crippen molar-refractivity contribution in [3.05, 3.63) is 133 Å². The topological polar surface area (TPSA) is 43.1 Å². The Morgan fingerprint density at radius 1 is 0.500 bits per heavy atom. The number of para-hydroxylation sites is 2. The van der Waals surface area contributed by atoms with Crippen LogP contribution in [-0.4, -0.2) is 19.4 Å². The van der Waals surface area contributed by atoms with Crippen molar-refractivity contribution in [1.29, 1.82) is 0 Å². The Balaban J connectivity index is 1.20. The van der Waals surface area contributed by atoms with E-state index >= 15 is 0 Å². The molecule has 0 amide bonds. The highest BCUT2D eigenvalue weighted by Gasteiger charge is 2.21. The van der Waals surface area contributed by atoms with Gasteiger partial charge in [-0.15, -0.1) is 11.3 Å². The van der Waals surface area contributed by atoms with Gasteiger partial charge >= 0.3 is 0 Å². The van der Waals surface area contributed by atoms with Crippen LogP contribution in [0.2, 0.25) is 0 Å². The molecule has 0 aliphatic carbocycles. The molecule has 0 saturated heterocycles. The van der Waals surface area contributed by atoms with Crippen LogP contribution in [-0.2, 0) is 0 Å². The predicted molar refractivity (Wildman–Crippen MR) is 184 cm³/mol. The third-order valence-electron chi connectivity index (χ3n) is 8.87. The standard InChI is InChI=1S/C39H22N4S/c1-2-9-23(10-3-1)39-41-31-15-6-4-13-27(31)36(42-39)26-12-8-11-24(19-26)25-17-18-34-29(20-25)30-21-32-38(44-22-40-32)35-28-14-5-7-16-33(28)43(34)37(30)35/h1-22H. The van der Waals surface area contributed by atoms with E-state index in [1.807, 2.05) is 29.8 Å². The maximum absolute atomic E-state index is 5.11. The van der Waals surface area contributed by atoms with Crippen molar-refractivity contribution >= 4 is 70.6 Å². The zero-order valence-electron chi connectivity index (χ0n) is 23.4. The molecule has 0 aliphatic rings. The Morgan fingerprint density at radius 3 is 2.18 bits per heavy atom. The quantitative estimate of drug-likeness (QED) is 0.209. The smallest absolute Gasteiger partial charge is 0.160 e. The molecule has 0 fully saturated rings. The first-order valence-electron chi connectivity index (χ1n) is 14.7. The molecule has 0 N–H and O–H groups in total. The number of hydrogen-bond acceptors (Lipinski definition) is 4. The summed E-state index contributed by atoms with van der Waals surface area (Å²) in [6, 6.07) is 45.1. The molecule has 0 unspecified atom stereocenters. The second-order valence-corrected chi connectivity index (χ2v) is 12.1. The van der Waals surface area contributed by atoms with Gasteiger partial charge in [-0.05, 0) is 47.5 Å². The summed E-state index contributed by atoms with van der Waals surface area (Å²) in [5, 5.41) is 6.13. The van der Waals surface area contributed by atoms with E-state index in [9.17, 15) is 0 Å². The van der Waals surface area contributed by atoms with E-state index in [2.05, 4.69) is 108 Å². The summed E-state index contributed by atoms with van der Waals surface area (Å²) in [4.78, 5) is 14.8. The lowest BCUT2D eigenvalue weighted by atomic mass is 9.98. The Morgan fingerprint density at radius 2 is 1.25 bits per heavy atom. The van der Waals surface area contributed by atoms with Crippen LogP contribution in [0.4, 0.5) is 0 Å². The van der Waals surface area contributed by atoms with Crippen LogP contribution in [0.25, 0.3) is 93.0 Å². The van der Waals surface area contributed by atoms with Gasteiger partial charge in [0.05, 0.1) is 43.5 Å². The molecule has 0 radical (unpaired) electrons. The van der Waals surface area contributed by atoms with Gasteiger partial charge in [0.25, 0.3) is 0 Å². The number of aromatic nitrogens is 4. The molecular weight excluding hydrogens is 557 g/mol. The summed E-state index contributed by atoms with van der Waals surface area (Å²) in [5.41, 5.74) is 13.1. The summed E-state index contributed by atoms with van der Waals surface area (Å²) in [6.07, 6.45) is 0. The van der Waals surface area contributed by atoms with Gasteiger partial charge in [0, 0.05) is 38.1 Å². The van der Waals surface area contributed by atoms with Crippen molar-refractivity contribution in [2.75, 3.05) is 0 Å². The molecule has 204 valence electrons. The number of fused-ring (bicyclic) bond motifs is 9. The predicted octanol–water partition coefficient (Wildman–Crippen LogP) is 10.4. The second-order valence-electron chi connectivity index (χ2n) is 11.3. The van der Waals surface area contributed by atoms with Crippen LogP contribution in [0.15, 0.2) is 133 Å². The lowest BCUT2D eigenvalue weighted by Crippen LogP contribution is -1.95. The average molecular weight is 579 g/mol. The van der Waals surface area contributed by atoms with E-state index in [0.29, 0.717) is 0 Å². The SMILES string of the molecule is c1ccc(-c2nc(-c3cccc(-c4ccc5c(c4)c4cc6ncsc6c6c7ccccc7n5c46)c3)c3ccccc3n2)cc1. The fraction of sp³-hybridized carbons (Fsp3) is 0. The van der Waals surface area contributed by atoms with Gasteiger partial charge in [-0.2, -0.15) is 0 Å². The summed E-state index contributed by atoms with van der Waals surface area (Å²) < 4.78 is 3.69. The largest absolute Gasteiger partial charge is 0.308 e. The van der Waals surface area contributed by atoms with Crippen LogP contribution in [0.1, 0.15) is 0 Å². The van der Waals surface area contributed by atoms with Crippen molar-refractivity contribution in [1.82, 2.24) is 19.4 Å². The molecule has 10 rings (SSSR count). The minimum atomic E-state index is 0.734. The molecule has 0 bridgehead atoms.